The molecule has 2 heterocycles. The van der Waals surface area contributed by atoms with Gasteiger partial charge >= 0.3 is 0 Å². The summed E-state index contributed by atoms with van der Waals surface area (Å²) in [6.07, 6.45) is 2.07. The minimum atomic E-state index is -0.385. The third-order valence-corrected chi connectivity index (χ3v) is 6.91. The quantitative estimate of drug-likeness (QED) is 0.516. The lowest BCUT2D eigenvalue weighted by atomic mass is 10.1. The monoisotopic (exact) mass is 495 g/mol. The predicted molar refractivity (Wildman–Crippen MR) is 133 cm³/mol. The van der Waals surface area contributed by atoms with Crippen molar-refractivity contribution in [1.82, 2.24) is 9.88 Å². The first-order valence-electron chi connectivity index (χ1n) is 11.4. The number of methoxy groups -OCH3 is 2. The van der Waals surface area contributed by atoms with Crippen LogP contribution in [0.5, 0.6) is 11.5 Å². The fraction of sp³-hybridized carbons (Fsp3) is 0.346. The molecule has 0 unspecified atom stereocenters. The first-order chi connectivity index (χ1) is 17.0. The third-order valence-electron chi connectivity index (χ3n) is 5.92. The summed E-state index contributed by atoms with van der Waals surface area (Å²) < 4.78 is 18.1. The van der Waals surface area contributed by atoms with E-state index < -0.39 is 0 Å². The maximum Gasteiger partial charge on any atom is 0.279 e. The van der Waals surface area contributed by atoms with Gasteiger partial charge in [-0.25, -0.2) is 0 Å². The Kier molecular flexibility index (Phi) is 7.99. The van der Waals surface area contributed by atoms with E-state index in [9.17, 15) is 9.59 Å². The average Bonchev–Trinajstić information content (AvgIpc) is 3.53. The molecule has 9 heteroatoms. The minimum absolute atomic E-state index is 0.0765. The molecule has 0 radical (unpaired) electrons. The molecule has 35 heavy (non-hydrogen) atoms. The molecule has 0 aliphatic carbocycles. The second kappa shape index (κ2) is 11.3. The van der Waals surface area contributed by atoms with Gasteiger partial charge in [-0.15, -0.1) is 11.3 Å². The Morgan fingerprint density at radius 3 is 2.71 bits per heavy atom. The number of hydrogen-bond acceptors (Lipinski definition) is 6. The molecule has 2 aromatic carbocycles. The van der Waals surface area contributed by atoms with E-state index in [1.807, 2.05) is 41.1 Å². The number of rotatable bonds is 8. The summed E-state index contributed by atoms with van der Waals surface area (Å²) in [6.45, 7) is 3.62. The molecule has 1 aromatic heterocycles. The molecule has 1 aliphatic rings. The van der Waals surface area contributed by atoms with Crippen molar-refractivity contribution in [2.24, 2.45) is 4.99 Å². The second-order valence-corrected chi connectivity index (χ2v) is 9.07. The lowest BCUT2D eigenvalue weighted by Crippen LogP contribution is -2.32. The van der Waals surface area contributed by atoms with E-state index in [0.29, 0.717) is 40.5 Å². The van der Waals surface area contributed by atoms with Gasteiger partial charge in [-0.1, -0.05) is 18.2 Å². The zero-order valence-corrected chi connectivity index (χ0v) is 20.9. The summed E-state index contributed by atoms with van der Waals surface area (Å²) in [5, 5.41) is 4.94. The molecule has 1 N–H and O–H groups in total. The largest absolute Gasteiger partial charge is 0.493 e. The van der Waals surface area contributed by atoms with Crippen molar-refractivity contribution in [3.63, 3.8) is 0 Å². The topological polar surface area (TPSA) is 91.2 Å². The molecule has 1 atom stereocenters. The molecule has 0 spiro atoms. The number of aryl methyl sites for hydroxylation is 1. The van der Waals surface area contributed by atoms with Crippen LogP contribution in [0.25, 0.3) is 0 Å². The van der Waals surface area contributed by atoms with Gasteiger partial charge in [-0.3, -0.25) is 9.59 Å². The molecule has 2 amide bonds. The molecular weight excluding hydrogens is 466 g/mol. The standard InChI is InChI=1S/C26H29N3O5S/c1-17-16-35-26(28-24(30)18-10-11-22(32-2)23(13-18)33-3)29(17)15-19-7-4-5-9-21(19)25(31)27-14-20-8-6-12-34-20/h4-5,7,9-11,13,16,20H,6,8,12,14-15H2,1-3H3,(H,27,31)/t20-/m1/s1. The first-order valence-corrected chi connectivity index (χ1v) is 12.3. The second-order valence-electron chi connectivity index (χ2n) is 8.23. The smallest absolute Gasteiger partial charge is 0.279 e. The fourth-order valence-electron chi connectivity index (χ4n) is 3.97. The van der Waals surface area contributed by atoms with Crippen LogP contribution in [0.2, 0.25) is 0 Å². The molecule has 0 saturated carbocycles. The van der Waals surface area contributed by atoms with Gasteiger partial charge in [0.15, 0.2) is 16.3 Å². The van der Waals surface area contributed by atoms with E-state index in [-0.39, 0.29) is 17.9 Å². The number of benzene rings is 2. The maximum atomic E-state index is 12.9. The normalized spacial score (nSPS) is 15.7. The van der Waals surface area contributed by atoms with E-state index in [0.717, 1.165) is 30.7 Å². The molecule has 0 bridgehead atoms. The van der Waals surface area contributed by atoms with E-state index in [2.05, 4.69) is 10.3 Å². The van der Waals surface area contributed by atoms with Gasteiger partial charge in [-0.2, -0.15) is 4.99 Å². The van der Waals surface area contributed by atoms with Crippen LogP contribution in [0.15, 0.2) is 52.8 Å². The lowest BCUT2D eigenvalue weighted by molar-refractivity contribution is 0.0856. The Bertz CT molecular complexity index is 1270. The number of amides is 2. The van der Waals surface area contributed by atoms with Crippen molar-refractivity contribution >= 4 is 23.2 Å². The number of nitrogens with one attached hydrogen (secondary N) is 1. The zero-order valence-electron chi connectivity index (χ0n) is 20.1. The van der Waals surface area contributed by atoms with Crippen LogP contribution in [0.4, 0.5) is 0 Å². The molecule has 1 saturated heterocycles. The van der Waals surface area contributed by atoms with Gasteiger partial charge in [0.1, 0.15) is 0 Å². The van der Waals surface area contributed by atoms with Crippen LogP contribution in [0.1, 0.15) is 44.8 Å². The Balaban J connectivity index is 1.57. The number of ether oxygens (including phenoxy) is 3. The molecule has 4 rings (SSSR count). The molecule has 1 aliphatic heterocycles. The van der Waals surface area contributed by atoms with Crippen molar-refractivity contribution in [1.29, 1.82) is 0 Å². The summed E-state index contributed by atoms with van der Waals surface area (Å²) >= 11 is 1.38. The Morgan fingerprint density at radius 2 is 1.97 bits per heavy atom. The highest BCUT2D eigenvalue weighted by molar-refractivity contribution is 7.07. The summed E-state index contributed by atoms with van der Waals surface area (Å²) in [5.74, 6) is 0.487. The van der Waals surface area contributed by atoms with Crippen LogP contribution in [0.3, 0.4) is 0 Å². The molecule has 184 valence electrons. The number of thiazole rings is 1. The van der Waals surface area contributed by atoms with Crippen LogP contribution in [0, 0.1) is 6.92 Å². The molecule has 8 nitrogen and oxygen atoms in total. The van der Waals surface area contributed by atoms with Crippen molar-refractivity contribution in [3.8, 4) is 11.5 Å². The summed E-state index contributed by atoms with van der Waals surface area (Å²) in [7, 11) is 3.07. The number of carbonyl (C=O) groups is 2. The predicted octanol–water partition coefficient (Wildman–Crippen LogP) is 3.57. The number of nitrogens with zero attached hydrogens (tertiary/aromatic N) is 2. The van der Waals surface area contributed by atoms with Gasteiger partial charge in [0.05, 0.1) is 26.9 Å². The van der Waals surface area contributed by atoms with Gasteiger partial charge in [-0.05, 0) is 49.6 Å². The lowest BCUT2D eigenvalue weighted by Gasteiger charge is -2.14. The Hall–Kier alpha value is -3.43. The molecule has 3 aromatic rings. The zero-order chi connectivity index (χ0) is 24.8. The van der Waals surface area contributed by atoms with Crippen LogP contribution < -0.4 is 19.6 Å². The Labute approximate surface area is 208 Å². The minimum Gasteiger partial charge on any atom is -0.493 e. The number of aromatic nitrogens is 1. The van der Waals surface area contributed by atoms with Gasteiger partial charge in [0, 0.05) is 35.4 Å². The first kappa shape index (κ1) is 24.7. The summed E-state index contributed by atoms with van der Waals surface area (Å²) in [4.78, 5) is 30.8. The van der Waals surface area contributed by atoms with Crippen LogP contribution in [-0.2, 0) is 11.3 Å². The SMILES string of the molecule is COc1ccc(C(=O)N=c2scc(C)n2Cc2ccccc2C(=O)NC[C@H]2CCCO2)cc1OC. The van der Waals surface area contributed by atoms with Crippen LogP contribution >= 0.6 is 11.3 Å². The molecular formula is C26H29N3O5S. The fourth-order valence-corrected chi connectivity index (χ4v) is 4.85. The molecule has 1 fully saturated rings. The van der Waals surface area contributed by atoms with Gasteiger partial charge in [0.2, 0.25) is 0 Å². The van der Waals surface area contributed by atoms with E-state index >= 15 is 0 Å². The van der Waals surface area contributed by atoms with E-state index in [4.69, 9.17) is 14.2 Å². The van der Waals surface area contributed by atoms with Crippen molar-refractivity contribution in [2.75, 3.05) is 27.4 Å². The number of hydrogen-bond donors (Lipinski definition) is 1. The Morgan fingerprint density at radius 1 is 1.17 bits per heavy atom. The van der Waals surface area contributed by atoms with Crippen molar-refractivity contribution in [2.45, 2.75) is 32.4 Å². The highest BCUT2D eigenvalue weighted by Crippen LogP contribution is 2.27. The third kappa shape index (κ3) is 5.80. The van der Waals surface area contributed by atoms with E-state index in [1.165, 1.54) is 18.4 Å². The number of carbonyl (C=O) groups excluding carboxylic acids is 2. The van der Waals surface area contributed by atoms with Crippen molar-refractivity contribution in [3.05, 3.63) is 75.0 Å². The van der Waals surface area contributed by atoms with Crippen LogP contribution in [-0.4, -0.2) is 49.9 Å². The van der Waals surface area contributed by atoms with Gasteiger partial charge in [0.25, 0.3) is 11.8 Å². The highest BCUT2D eigenvalue weighted by Gasteiger charge is 2.18. The summed E-state index contributed by atoms with van der Waals surface area (Å²) in [5.41, 5.74) is 2.79. The van der Waals surface area contributed by atoms with E-state index in [1.54, 1.807) is 25.3 Å². The van der Waals surface area contributed by atoms with Crippen molar-refractivity contribution < 1.29 is 23.8 Å². The van der Waals surface area contributed by atoms with Gasteiger partial charge < -0.3 is 24.1 Å². The highest BCUT2D eigenvalue weighted by atomic mass is 32.1. The summed E-state index contributed by atoms with van der Waals surface area (Å²) in [6, 6.07) is 12.4. The maximum absolute atomic E-state index is 12.9. The average molecular weight is 496 g/mol.